The Labute approximate surface area is 181 Å². The van der Waals surface area contributed by atoms with Crippen LogP contribution >= 0.6 is 0 Å². The molecule has 0 bridgehead atoms. The first kappa shape index (κ1) is 22.8. The molecule has 1 heterocycles. The average molecular weight is 414 g/mol. The van der Waals surface area contributed by atoms with Crippen LogP contribution in [-0.2, 0) is 9.59 Å². The van der Waals surface area contributed by atoms with Crippen molar-refractivity contribution in [2.75, 3.05) is 10.6 Å². The molecule has 0 aromatic carbocycles. The molecule has 0 saturated heterocycles. The molecule has 0 atom stereocenters. The third-order valence-corrected chi connectivity index (χ3v) is 7.08. The monoisotopic (exact) mass is 413 g/mol. The molecule has 30 heavy (non-hydrogen) atoms. The number of carbonyl (C=O) groups excluding carboxylic acids is 2. The van der Waals surface area contributed by atoms with Gasteiger partial charge >= 0.3 is 0 Å². The van der Waals surface area contributed by atoms with E-state index in [0.717, 1.165) is 63.2 Å². The Morgan fingerprint density at radius 1 is 0.767 bits per heavy atom. The summed E-state index contributed by atoms with van der Waals surface area (Å²) in [6.07, 6.45) is 13.5. The van der Waals surface area contributed by atoms with Gasteiger partial charge in [-0.25, -0.2) is 4.98 Å². The maximum atomic E-state index is 12.7. The molecule has 2 saturated carbocycles. The van der Waals surface area contributed by atoms with E-state index in [1.807, 2.05) is 6.07 Å². The van der Waals surface area contributed by atoms with Gasteiger partial charge in [-0.15, -0.1) is 0 Å². The number of rotatable bonds is 8. The SMILES string of the molecule is CCCC1CCC(C(=O)Nc2cccc(NC(=O)C3CCC(CCC)CC3)n2)CC1. The lowest BCUT2D eigenvalue weighted by molar-refractivity contribution is -0.121. The molecule has 1 aromatic rings. The van der Waals surface area contributed by atoms with E-state index in [9.17, 15) is 9.59 Å². The summed E-state index contributed by atoms with van der Waals surface area (Å²) in [5, 5.41) is 5.94. The summed E-state index contributed by atoms with van der Waals surface area (Å²) in [5.41, 5.74) is 0. The molecular formula is C25H39N3O2. The minimum absolute atomic E-state index is 0.0650. The van der Waals surface area contributed by atoms with E-state index in [2.05, 4.69) is 29.5 Å². The fraction of sp³-hybridized carbons (Fsp3) is 0.720. The minimum Gasteiger partial charge on any atom is -0.310 e. The van der Waals surface area contributed by atoms with Crippen molar-refractivity contribution in [1.29, 1.82) is 0 Å². The Hall–Kier alpha value is -1.91. The van der Waals surface area contributed by atoms with Gasteiger partial charge in [0.05, 0.1) is 0 Å². The van der Waals surface area contributed by atoms with Gasteiger partial charge in [0, 0.05) is 11.8 Å². The van der Waals surface area contributed by atoms with Gasteiger partial charge in [-0.05, 0) is 75.3 Å². The molecule has 2 aliphatic rings. The Balaban J connectivity index is 1.47. The van der Waals surface area contributed by atoms with Crippen LogP contribution in [0, 0.1) is 23.7 Å². The highest BCUT2D eigenvalue weighted by molar-refractivity contribution is 5.93. The van der Waals surface area contributed by atoms with Gasteiger partial charge in [0.25, 0.3) is 0 Å². The van der Waals surface area contributed by atoms with E-state index in [1.54, 1.807) is 12.1 Å². The van der Waals surface area contributed by atoms with Crippen molar-refractivity contribution in [2.24, 2.45) is 23.7 Å². The van der Waals surface area contributed by atoms with Crippen LogP contribution in [0.3, 0.4) is 0 Å². The van der Waals surface area contributed by atoms with Crippen LogP contribution in [0.5, 0.6) is 0 Å². The number of pyridine rings is 1. The molecule has 5 heteroatoms. The maximum Gasteiger partial charge on any atom is 0.228 e. The van der Waals surface area contributed by atoms with Crippen LogP contribution in [0.4, 0.5) is 11.6 Å². The zero-order valence-electron chi connectivity index (χ0n) is 18.8. The standard InChI is InChI=1S/C25H39N3O2/c1-3-6-18-10-14-20(15-11-18)24(29)27-22-8-5-9-23(26-22)28-25(30)21-16-12-19(7-4-2)13-17-21/h5,8-9,18-21H,3-4,6-7,10-17H2,1-2H3,(H2,26,27,28,29,30). The highest BCUT2D eigenvalue weighted by atomic mass is 16.2. The lowest BCUT2D eigenvalue weighted by Gasteiger charge is -2.27. The Bertz CT molecular complexity index is 634. The van der Waals surface area contributed by atoms with Crippen molar-refractivity contribution in [2.45, 2.75) is 90.9 Å². The van der Waals surface area contributed by atoms with E-state index in [4.69, 9.17) is 0 Å². The normalized spacial score (nSPS) is 26.7. The second-order valence-corrected chi connectivity index (χ2v) is 9.40. The molecule has 5 nitrogen and oxygen atoms in total. The van der Waals surface area contributed by atoms with Crippen molar-refractivity contribution in [3.05, 3.63) is 18.2 Å². The predicted molar refractivity (Wildman–Crippen MR) is 122 cm³/mol. The van der Waals surface area contributed by atoms with Crippen molar-refractivity contribution in [3.8, 4) is 0 Å². The first-order valence-electron chi connectivity index (χ1n) is 12.2. The summed E-state index contributed by atoms with van der Waals surface area (Å²) >= 11 is 0. The Morgan fingerprint density at radius 2 is 1.17 bits per heavy atom. The minimum atomic E-state index is 0.0650. The third kappa shape index (κ3) is 6.55. The summed E-state index contributed by atoms with van der Waals surface area (Å²) in [5.74, 6) is 2.92. The quantitative estimate of drug-likeness (QED) is 0.535. The fourth-order valence-electron chi connectivity index (χ4n) is 5.27. The smallest absolute Gasteiger partial charge is 0.228 e. The van der Waals surface area contributed by atoms with Gasteiger partial charge in [0.2, 0.25) is 11.8 Å². The van der Waals surface area contributed by atoms with Crippen molar-refractivity contribution in [3.63, 3.8) is 0 Å². The number of nitrogens with zero attached hydrogens (tertiary/aromatic N) is 1. The summed E-state index contributed by atoms with van der Waals surface area (Å²) in [4.78, 5) is 29.8. The third-order valence-electron chi connectivity index (χ3n) is 7.08. The summed E-state index contributed by atoms with van der Waals surface area (Å²) in [6, 6.07) is 5.44. The molecule has 3 rings (SSSR count). The van der Waals surface area contributed by atoms with Crippen molar-refractivity contribution >= 4 is 23.5 Å². The molecule has 0 radical (unpaired) electrons. The summed E-state index contributed by atoms with van der Waals surface area (Å²) in [6.45, 7) is 4.46. The molecule has 0 aliphatic heterocycles. The zero-order chi connectivity index (χ0) is 21.3. The topological polar surface area (TPSA) is 71.1 Å². The zero-order valence-corrected chi connectivity index (χ0v) is 18.8. The number of hydrogen-bond donors (Lipinski definition) is 2. The number of amides is 2. The van der Waals surface area contributed by atoms with Gasteiger partial charge in [-0.3, -0.25) is 9.59 Å². The molecule has 2 aliphatic carbocycles. The Kier molecular flexibility index (Phi) is 8.71. The predicted octanol–water partition coefficient (Wildman–Crippen LogP) is 6.17. The Morgan fingerprint density at radius 3 is 1.53 bits per heavy atom. The van der Waals surface area contributed by atoms with Crippen LogP contribution in [-0.4, -0.2) is 16.8 Å². The summed E-state index contributed by atoms with van der Waals surface area (Å²) < 4.78 is 0. The van der Waals surface area contributed by atoms with Crippen molar-refractivity contribution in [1.82, 2.24) is 4.98 Å². The number of nitrogens with one attached hydrogen (secondary N) is 2. The largest absolute Gasteiger partial charge is 0.310 e. The first-order chi connectivity index (χ1) is 14.6. The van der Waals surface area contributed by atoms with Gasteiger partial charge in [0.15, 0.2) is 0 Å². The van der Waals surface area contributed by atoms with Crippen LogP contribution in [0.15, 0.2) is 18.2 Å². The second-order valence-electron chi connectivity index (χ2n) is 9.40. The molecule has 2 amide bonds. The van der Waals surface area contributed by atoms with E-state index >= 15 is 0 Å². The molecule has 0 spiro atoms. The van der Waals surface area contributed by atoms with Crippen molar-refractivity contribution < 1.29 is 9.59 Å². The second kappa shape index (κ2) is 11.5. The summed E-state index contributed by atoms with van der Waals surface area (Å²) in [7, 11) is 0. The lowest BCUT2D eigenvalue weighted by atomic mass is 9.80. The van der Waals surface area contributed by atoms with Gasteiger partial charge in [-0.2, -0.15) is 0 Å². The molecule has 2 N–H and O–H groups in total. The van der Waals surface area contributed by atoms with Gasteiger partial charge in [-0.1, -0.05) is 45.6 Å². The lowest BCUT2D eigenvalue weighted by Crippen LogP contribution is -2.28. The molecule has 166 valence electrons. The van der Waals surface area contributed by atoms with E-state index in [-0.39, 0.29) is 23.7 Å². The molecule has 0 unspecified atom stereocenters. The van der Waals surface area contributed by atoms with Crippen LogP contribution in [0.1, 0.15) is 90.9 Å². The highest BCUT2D eigenvalue weighted by Gasteiger charge is 2.27. The number of anilines is 2. The maximum absolute atomic E-state index is 12.7. The molecule has 1 aromatic heterocycles. The van der Waals surface area contributed by atoms with E-state index in [0.29, 0.717) is 11.6 Å². The van der Waals surface area contributed by atoms with E-state index < -0.39 is 0 Å². The van der Waals surface area contributed by atoms with Gasteiger partial charge in [0.1, 0.15) is 11.6 Å². The molecule has 2 fully saturated rings. The number of carbonyl (C=O) groups is 2. The fourth-order valence-corrected chi connectivity index (χ4v) is 5.27. The van der Waals surface area contributed by atoms with Crippen LogP contribution < -0.4 is 10.6 Å². The molecular weight excluding hydrogens is 374 g/mol. The average Bonchev–Trinajstić information content (AvgIpc) is 2.75. The number of aromatic nitrogens is 1. The van der Waals surface area contributed by atoms with Gasteiger partial charge < -0.3 is 10.6 Å². The van der Waals surface area contributed by atoms with E-state index in [1.165, 1.54) is 25.7 Å². The first-order valence-corrected chi connectivity index (χ1v) is 12.2. The van der Waals surface area contributed by atoms with Crippen LogP contribution in [0.25, 0.3) is 0 Å². The highest BCUT2D eigenvalue weighted by Crippen LogP contribution is 2.33. The van der Waals surface area contributed by atoms with Crippen LogP contribution in [0.2, 0.25) is 0 Å². The number of hydrogen-bond acceptors (Lipinski definition) is 3.